The number of nitrogens with zero attached hydrogens (tertiary/aromatic N) is 1. The predicted molar refractivity (Wildman–Crippen MR) is 97.1 cm³/mol. The number of carbonyl (C=O) groups excluding carboxylic acids is 1. The van der Waals surface area contributed by atoms with E-state index in [1.807, 2.05) is 18.2 Å². The summed E-state index contributed by atoms with van der Waals surface area (Å²) in [7, 11) is 0. The molecule has 1 amide bonds. The van der Waals surface area contributed by atoms with Crippen LogP contribution in [0.1, 0.15) is 23.3 Å². The first-order valence-corrected chi connectivity index (χ1v) is 9.26. The quantitative estimate of drug-likeness (QED) is 0.658. The minimum atomic E-state index is -0.424. The zero-order chi connectivity index (χ0) is 15.8. The monoisotopic (exact) mass is 343 g/mol. The number of para-hydroxylation sites is 1. The summed E-state index contributed by atoms with van der Waals surface area (Å²) in [5.74, 6) is 0.343. The first-order valence-electron chi connectivity index (χ1n) is 7.61. The largest absolute Gasteiger partial charge is 0.364 e. The summed E-state index contributed by atoms with van der Waals surface area (Å²) < 4.78 is 3.61. The molecule has 0 unspecified atom stereocenters. The molecule has 3 aromatic rings. The fourth-order valence-electron chi connectivity index (χ4n) is 2.62. The van der Waals surface area contributed by atoms with Crippen LogP contribution in [0.15, 0.2) is 46.0 Å². The molecule has 4 nitrogen and oxygen atoms in total. The predicted octanol–water partition coefficient (Wildman–Crippen LogP) is 4.25. The molecule has 1 aliphatic rings. The topological polar surface area (TPSA) is 62.1 Å². The number of amides is 1. The van der Waals surface area contributed by atoms with Crippen molar-refractivity contribution in [2.24, 2.45) is 11.7 Å². The van der Waals surface area contributed by atoms with E-state index in [1.165, 1.54) is 17.1 Å². The van der Waals surface area contributed by atoms with E-state index in [0.29, 0.717) is 5.69 Å². The van der Waals surface area contributed by atoms with Crippen LogP contribution in [0, 0.1) is 5.92 Å². The molecule has 23 heavy (non-hydrogen) atoms. The third kappa shape index (κ3) is 3.09. The number of aromatic amines is 1. The molecule has 118 valence electrons. The smallest absolute Gasteiger partial charge is 0.265 e. The third-order valence-electron chi connectivity index (χ3n) is 3.98. The van der Waals surface area contributed by atoms with Gasteiger partial charge in [-0.15, -0.1) is 11.3 Å². The van der Waals surface area contributed by atoms with E-state index in [9.17, 15) is 4.79 Å². The highest BCUT2D eigenvalue weighted by molar-refractivity contribution is 8.02. The fraction of sp³-hybridized carbons (Fsp3) is 0.235. The number of benzene rings is 1. The van der Waals surface area contributed by atoms with Crippen LogP contribution in [0.5, 0.6) is 0 Å². The molecular formula is C17H17N3OS2. The SMILES string of the molecule is NC(=O)c1cc2cccc(N(CC3CC3)Sc3cccs3)c2[nH]1. The molecule has 1 aromatic carbocycles. The summed E-state index contributed by atoms with van der Waals surface area (Å²) in [6, 6.07) is 12.2. The molecule has 0 aliphatic heterocycles. The van der Waals surface area contributed by atoms with Crippen molar-refractivity contribution in [2.75, 3.05) is 10.8 Å². The van der Waals surface area contributed by atoms with Crippen molar-refractivity contribution >= 4 is 45.8 Å². The number of thiophene rings is 1. The van der Waals surface area contributed by atoms with Crippen LogP contribution in [0.25, 0.3) is 10.9 Å². The third-order valence-corrected chi connectivity index (χ3v) is 6.04. The normalized spacial score (nSPS) is 14.3. The van der Waals surface area contributed by atoms with Crippen molar-refractivity contribution < 1.29 is 4.79 Å². The van der Waals surface area contributed by atoms with Gasteiger partial charge in [-0.25, -0.2) is 0 Å². The Bertz CT molecular complexity index is 837. The van der Waals surface area contributed by atoms with E-state index in [1.54, 1.807) is 23.3 Å². The molecular weight excluding hydrogens is 326 g/mol. The molecule has 2 heterocycles. The maximum Gasteiger partial charge on any atom is 0.265 e. The molecule has 4 rings (SSSR count). The van der Waals surface area contributed by atoms with Gasteiger partial charge >= 0.3 is 0 Å². The van der Waals surface area contributed by atoms with Gasteiger partial charge in [0.15, 0.2) is 0 Å². The number of carbonyl (C=O) groups is 1. The number of H-pyrrole nitrogens is 1. The van der Waals surface area contributed by atoms with E-state index in [4.69, 9.17) is 5.73 Å². The van der Waals surface area contributed by atoms with Crippen molar-refractivity contribution in [1.29, 1.82) is 0 Å². The molecule has 1 saturated carbocycles. The number of aromatic nitrogens is 1. The average molecular weight is 343 g/mol. The van der Waals surface area contributed by atoms with Crippen molar-refractivity contribution in [3.63, 3.8) is 0 Å². The Morgan fingerprint density at radius 2 is 2.22 bits per heavy atom. The molecule has 6 heteroatoms. The molecule has 1 aliphatic carbocycles. The number of fused-ring (bicyclic) bond motifs is 1. The summed E-state index contributed by atoms with van der Waals surface area (Å²) in [5.41, 5.74) is 7.96. The van der Waals surface area contributed by atoms with Crippen LogP contribution in [-0.4, -0.2) is 17.4 Å². The second-order valence-electron chi connectivity index (χ2n) is 5.82. The van der Waals surface area contributed by atoms with Crippen LogP contribution < -0.4 is 10.0 Å². The lowest BCUT2D eigenvalue weighted by atomic mass is 10.2. The van der Waals surface area contributed by atoms with Crippen molar-refractivity contribution in [1.82, 2.24) is 4.98 Å². The van der Waals surface area contributed by atoms with Gasteiger partial charge in [-0.1, -0.05) is 18.2 Å². The Labute approximate surface area is 142 Å². The molecule has 1 fully saturated rings. The van der Waals surface area contributed by atoms with E-state index in [0.717, 1.165) is 29.1 Å². The second-order valence-corrected chi connectivity index (χ2v) is 8.09. The molecule has 0 bridgehead atoms. The van der Waals surface area contributed by atoms with Gasteiger partial charge in [-0.2, -0.15) is 0 Å². The van der Waals surface area contributed by atoms with E-state index >= 15 is 0 Å². The number of rotatable bonds is 6. The summed E-state index contributed by atoms with van der Waals surface area (Å²) in [6.07, 6.45) is 2.60. The van der Waals surface area contributed by atoms with Gasteiger partial charge in [0.1, 0.15) is 5.69 Å². The van der Waals surface area contributed by atoms with Gasteiger partial charge in [0.25, 0.3) is 5.91 Å². The lowest BCUT2D eigenvalue weighted by Gasteiger charge is -2.23. The lowest BCUT2D eigenvalue weighted by molar-refractivity contribution is 0.0996. The minimum Gasteiger partial charge on any atom is -0.364 e. The number of hydrogen-bond acceptors (Lipinski definition) is 4. The number of anilines is 1. The molecule has 0 radical (unpaired) electrons. The first kappa shape index (κ1) is 14.7. The maximum atomic E-state index is 11.5. The Morgan fingerprint density at radius 3 is 2.91 bits per heavy atom. The number of nitrogens with one attached hydrogen (secondary N) is 1. The fourth-order valence-corrected chi connectivity index (χ4v) is 4.57. The maximum absolute atomic E-state index is 11.5. The lowest BCUT2D eigenvalue weighted by Crippen LogP contribution is -2.17. The highest BCUT2D eigenvalue weighted by atomic mass is 32.2. The van der Waals surface area contributed by atoms with Crippen molar-refractivity contribution in [3.8, 4) is 0 Å². The highest BCUT2D eigenvalue weighted by Gasteiger charge is 2.26. The zero-order valence-electron chi connectivity index (χ0n) is 12.5. The van der Waals surface area contributed by atoms with Gasteiger partial charge in [-0.05, 0) is 54.3 Å². The van der Waals surface area contributed by atoms with Crippen LogP contribution in [0.4, 0.5) is 5.69 Å². The number of nitrogens with two attached hydrogens (primary N) is 1. The summed E-state index contributed by atoms with van der Waals surface area (Å²) in [4.78, 5) is 14.7. The van der Waals surface area contributed by atoms with Crippen LogP contribution in [0.2, 0.25) is 0 Å². The Morgan fingerprint density at radius 1 is 1.35 bits per heavy atom. The molecule has 0 atom stereocenters. The van der Waals surface area contributed by atoms with E-state index in [2.05, 4.69) is 32.9 Å². The highest BCUT2D eigenvalue weighted by Crippen LogP contribution is 2.40. The average Bonchev–Trinajstić information content (AvgIpc) is 3.02. The van der Waals surface area contributed by atoms with Crippen molar-refractivity contribution in [3.05, 3.63) is 47.5 Å². The van der Waals surface area contributed by atoms with Gasteiger partial charge in [0.05, 0.1) is 15.4 Å². The van der Waals surface area contributed by atoms with E-state index < -0.39 is 5.91 Å². The summed E-state index contributed by atoms with van der Waals surface area (Å²) in [5, 5.41) is 3.11. The van der Waals surface area contributed by atoms with Gasteiger partial charge in [0, 0.05) is 11.9 Å². The van der Waals surface area contributed by atoms with Crippen LogP contribution >= 0.6 is 23.3 Å². The Kier molecular flexibility index (Phi) is 3.79. The van der Waals surface area contributed by atoms with Crippen molar-refractivity contribution in [2.45, 2.75) is 17.1 Å². The molecule has 0 saturated heterocycles. The van der Waals surface area contributed by atoms with Crippen LogP contribution in [0.3, 0.4) is 0 Å². The molecule has 0 spiro atoms. The minimum absolute atomic E-state index is 0.424. The molecule has 3 N–H and O–H groups in total. The molecule has 2 aromatic heterocycles. The second kappa shape index (κ2) is 5.94. The first-order chi connectivity index (χ1) is 11.2. The van der Waals surface area contributed by atoms with Crippen LogP contribution in [-0.2, 0) is 0 Å². The zero-order valence-corrected chi connectivity index (χ0v) is 14.1. The Hall–Kier alpha value is -1.92. The van der Waals surface area contributed by atoms with Gasteiger partial charge < -0.3 is 15.0 Å². The summed E-state index contributed by atoms with van der Waals surface area (Å²) in [6.45, 7) is 1.02. The van der Waals surface area contributed by atoms with Gasteiger partial charge in [0.2, 0.25) is 0 Å². The summed E-state index contributed by atoms with van der Waals surface area (Å²) >= 11 is 3.51. The standard InChI is InChI=1S/C17H17N3OS2/c18-17(21)13-9-12-3-1-4-14(16(12)19-13)20(10-11-6-7-11)23-15-5-2-8-22-15/h1-5,8-9,11,19H,6-7,10H2,(H2,18,21). The Balaban J connectivity index is 1.74. The van der Waals surface area contributed by atoms with Gasteiger partial charge in [-0.3, -0.25) is 4.79 Å². The van der Waals surface area contributed by atoms with E-state index in [-0.39, 0.29) is 0 Å². The number of primary amides is 1. The number of hydrogen-bond donors (Lipinski definition) is 2.